The van der Waals surface area contributed by atoms with E-state index in [1.165, 1.54) is 19.4 Å². The molecular weight excluding hydrogens is 176 g/mol. The van der Waals surface area contributed by atoms with Gasteiger partial charge in [0.2, 0.25) is 0 Å². The second kappa shape index (κ2) is 5.10. The molecule has 1 aliphatic rings. The Hall–Kier alpha value is -0.120. The van der Waals surface area contributed by atoms with Crippen LogP contribution in [0.2, 0.25) is 0 Å². The van der Waals surface area contributed by atoms with Gasteiger partial charge in [0, 0.05) is 25.2 Å². The summed E-state index contributed by atoms with van der Waals surface area (Å²) >= 11 is 0. The zero-order chi connectivity index (χ0) is 10.6. The Bertz CT molecular complexity index is 171. The number of nitrogens with one attached hydrogen (secondary N) is 1. The Morgan fingerprint density at radius 3 is 2.64 bits per heavy atom. The first-order valence-corrected chi connectivity index (χ1v) is 5.51. The van der Waals surface area contributed by atoms with Crippen LogP contribution in [0, 0.1) is 0 Å². The minimum absolute atomic E-state index is 0.378. The van der Waals surface area contributed by atoms with E-state index in [1.54, 1.807) is 7.11 Å². The number of methoxy groups -OCH3 is 1. The summed E-state index contributed by atoms with van der Waals surface area (Å²) in [6.07, 6.45) is 2.65. The average Bonchev–Trinajstić information content (AvgIpc) is 2.45. The number of nitrogens with zero attached hydrogens (tertiary/aromatic N) is 1. The zero-order valence-electron chi connectivity index (χ0n) is 9.97. The third-order valence-corrected chi connectivity index (χ3v) is 3.29. The largest absolute Gasteiger partial charge is 0.383 e. The van der Waals surface area contributed by atoms with Gasteiger partial charge in [-0.2, -0.15) is 0 Å². The molecule has 0 bridgehead atoms. The van der Waals surface area contributed by atoms with Crippen LogP contribution in [0.5, 0.6) is 0 Å². The van der Waals surface area contributed by atoms with E-state index in [0.717, 1.165) is 13.2 Å². The highest BCUT2D eigenvalue weighted by Crippen LogP contribution is 2.27. The normalized spacial score (nSPS) is 24.0. The van der Waals surface area contributed by atoms with Gasteiger partial charge < -0.3 is 10.1 Å². The Morgan fingerprint density at radius 2 is 2.21 bits per heavy atom. The molecule has 0 aliphatic carbocycles. The molecule has 0 amide bonds. The first-order valence-electron chi connectivity index (χ1n) is 5.51. The Morgan fingerprint density at radius 1 is 1.50 bits per heavy atom. The van der Waals surface area contributed by atoms with Crippen LogP contribution in [-0.4, -0.2) is 50.3 Å². The van der Waals surface area contributed by atoms with Crippen molar-refractivity contribution in [3.8, 4) is 0 Å². The van der Waals surface area contributed by atoms with Gasteiger partial charge >= 0.3 is 0 Å². The van der Waals surface area contributed by atoms with Crippen molar-refractivity contribution in [2.24, 2.45) is 0 Å². The zero-order valence-corrected chi connectivity index (χ0v) is 9.97. The number of hydrogen-bond acceptors (Lipinski definition) is 3. The molecule has 1 heterocycles. The number of hydrogen-bond donors (Lipinski definition) is 1. The first-order chi connectivity index (χ1) is 6.60. The van der Waals surface area contributed by atoms with Gasteiger partial charge in [-0.1, -0.05) is 0 Å². The van der Waals surface area contributed by atoms with Crippen molar-refractivity contribution in [2.75, 3.05) is 33.9 Å². The second-order valence-corrected chi connectivity index (χ2v) is 4.80. The summed E-state index contributed by atoms with van der Waals surface area (Å²) < 4.78 is 5.18. The van der Waals surface area contributed by atoms with Crippen molar-refractivity contribution >= 4 is 0 Å². The van der Waals surface area contributed by atoms with Crippen LogP contribution in [0.25, 0.3) is 0 Å². The van der Waals surface area contributed by atoms with Gasteiger partial charge in [-0.05, 0) is 40.3 Å². The number of rotatable bonds is 5. The van der Waals surface area contributed by atoms with Crippen molar-refractivity contribution in [2.45, 2.75) is 38.3 Å². The van der Waals surface area contributed by atoms with E-state index in [0.29, 0.717) is 11.6 Å². The van der Waals surface area contributed by atoms with Crippen LogP contribution in [0.4, 0.5) is 0 Å². The fourth-order valence-corrected chi connectivity index (χ4v) is 2.20. The molecule has 1 unspecified atom stereocenters. The quantitative estimate of drug-likeness (QED) is 0.719. The van der Waals surface area contributed by atoms with Gasteiger partial charge in [-0.3, -0.25) is 4.90 Å². The molecule has 3 heteroatoms. The van der Waals surface area contributed by atoms with Gasteiger partial charge in [0.25, 0.3) is 0 Å². The predicted molar refractivity (Wildman–Crippen MR) is 59.6 cm³/mol. The summed E-state index contributed by atoms with van der Waals surface area (Å²) in [6, 6.07) is 0.456. The fraction of sp³-hybridized carbons (Fsp3) is 1.00. The molecule has 0 spiro atoms. The summed E-state index contributed by atoms with van der Waals surface area (Å²) in [4.78, 5) is 2.56. The topological polar surface area (TPSA) is 24.5 Å². The Kier molecular flexibility index (Phi) is 4.35. The third-order valence-electron chi connectivity index (χ3n) is 3.29. The van der Waals surface area contributed by atoms with Crippen molar-refractivity contribution in [3.05, 3.63) is 0 Å². The Labute approximate surface area is 87.8 Å². The molecule has 1 atom stereocenters. The molecule has 0 aromatic carbocycles. The highest BCUT2D eigenvalue weighted by molar-refractivity contribution is 4.89. The maximum Gasteiger partial charge on any atom is 0.0628 e. The monoisotopic (exact) mass is 200 g/mol. The van der Waals surface area contributed by atoms with E-state index in [-0.39, 0.29) is 0 Å². The van der Waals surface area contributed by atoms with Crippen molar-refractivity contribution < 1.29 is 4.74 Å². The lowest BCUT2D eigenvalue weighted by Gasteiger charge is -2.34. The Balaban J connectivity index is 2.41. The molecule has 14 heavy (non-hydrogen) atoms. The van der Waals surface area contributed by atoms with Gasteiger partial charge in [0.05, 0.1) is 6.61 Å². The van der Waals surface area contributed by atoms with E-state index >= 15 is 0 Å². The molecule has 84 valence electrons. The summed E-state index contributed by atoms with van der Waals surface area (Å²) in [5.74, 6) is 0. The average molecular weight is 200 g/mol. The molecule has 1 rings (SSSR count). The predicted octanol–water partition coefficient (Wildman–Crippen LogP) is 1.10. The van der Waals surface area contributed by atoms with Crippen LogP contribution >= 0.6 is 0 Å². The molecule has 0 aromatic rings. The van der Waals surface area contributed by atoms with E-state index in [4.69, 9.17) is 4.74 Å². The summed E-state index contributed by atoms with van der Waals surface area (Å²) in [7, 11) is 3.77. The molecular formula is C11H24N2O. The first kappa shape index (κ1) is 12.0. The summed E-state index contributed by atoms with van der Waals surface area (Å²) in [5.41, 5.74) is 0.378. The lowest BCUT2D eigenvalue weighted by atomic mass is 10.0. The number of likely N-dealkylation sites (N-methyl/N-ethyl adjacent to an activating group) is 1. The van der Waals surface area contributed by atoms with Gasteiger partial charge in [0.15, 0.2) is 0 Å². The number of ether oxygens (including phenoxy) is 1. The fourth-order valence-electron chi connectivity index (χ4n) is 2.20. The minimum atomic E-state index is 0.378. The van der Waals surface area contributed by atoms with Crippen molar-refractivity contribution in [1.82, 2.24) is 10.2 Å². The van der Waals surface area contributed by atoms with Crippen LogP contribution in [-0.2, 0) is 4.74 Å². The minimum Gasteiger partial charge on any atom is -0.383 e. The molecule has 0 radical (unpaired) electrons. The highest BCUT2D eigenvalue weighted by atomic mass is 16.5. The molecule has 1 saturated heterocycles. The third kappa shape index (κ3) is 2.94. The summed E-state index contributed by atoms with van der Waals surface area (Å²) in [5, 5.41) is 3.30. The van der Waals surface area contributed by atoms with E-state index in [2.05, 4.69) is 24.1 Å². The van der Waals surface area contributed by atoms with Gasteiger partial charge in [-0.15, -0.1) is 0 Å². The maximum atomic E-state index is 5.18. The lowest BCUT2D eigenvalue weighted by molar-refractivity contribution is 0.112. The molecule has 1 fully saturated rings. The molecule has 1 aliphatic heterocycles. The van der Waals surface area contributed by atoms with Crippen LogP contribution in [0.3, 0.4) is 0 Å². The van der Waals surface area contributed by atoms with Gasteiger partial charge in [-0.25, -0.2) is 0 Å². The van der Waals surface area contributed by atoms with Crippen LogP contribution in [0.15, 0.2) is 0 Å². The van der Waals surface area contributed by atoms with Crippen LogP contribution < -0.4 is 5.32 Å². The second-order valence-electron chi connectivity index (χ2n) is 4.80. The molecule has 3 nitrogen and oxygen atoms in total. The molecule has 1 N–H and O–H groups in total. The number of likely N-dealkylation sites (tertiary alicyclic amines) is 1. The molecule has 0 saturated carbocycles. The highest BCUT2D eigenvalue weighted by Gasteiger charge is 2.32. The smallest absolute Gasteiger partial charge is 0.0628 e. The van der Waals surface area contributed by atoms with Gasteiger partial charge in [0.1, 0.15) is 0 Å². The standard InChI is InChI=1S/C11H24N2O/c1-11(2)6-5-7-13(11)8-10(12-3)9-14-4/h10,12H,5-9H2,1-4H3. The summed E-state index contributed by atoms with van der Waals surface area (Å²) in [6.45, 7) is 7.79. The molecule has 0 aromatic heterocycles. The SMILES string of the molecule is CNC(COC)CN1CCCC1(C)C. The van der Waals surface area contributed by atoms with E-state index in [1.807, 2.05) is 7.05 Å². The van der Waals surface area contributed by atoms with E-state index in [9.17, 15) is 0 Å². The van der Waals surface area contributed by atoms with Crippen molar-refractivity contribution in [3.63, 3.8) is 0 Å². The maximum absolute atomic E-state index is 5.18. The van der Waals surface area contributed by atoms with E-state index < -0.39 is 0 Å². The van der Waals surface area contributed by atoms with Crippen molar-refractivity contribution in [1.29, 1.82) is 0 Å². The lowest BCUT2D eigenvalue weighted by Crippen LogP contribution is -2.47. The van der Waals surface area contributed by atoms with Crippen LogP contribution in [0.1, 0.15) is 26.7 Å².